The molecule has 0 N–H and O–H groups in total. The standard InChI is InChI=1S/C16H15BrN2/c1-2-19(12-13-6-4-3-5-7-13)15-9-8-14(11-18)16(17)10-15/h3-10H,2,12H2,1H3. The van der Waals surface area contributed by atoms with Gasteiger partial charge in [-0.25, -0.2) is 0 Å². The maximum absolute atomic E-state index is 8.95. The van der Waals surface area contributed by atoms with E-state index in [1.165, 1.54) is 5.56 Å². The molecule has 0 fully saturated rings. The number of anilines is 1. The van der Waals surface area contributed by atoms with Crippen LogP contribution in [0.3, 0.4) is 0 Å². The summed E-state index contributed by atoms with van der Waals surface area (Å²) in [6.45, 7) is 3.93. The summed E-state index contributed by atoms with van der Waals surface area (Å²) >= 11 is 3.44. The zero-order valence-electron chi connectivity index (χ0n) is 10.8. The molecule has 0 atom stereocenters. The Labute approximate surface area is 122 Å². The van der Waals surface area contributed by atoms with Crippen LogP contribution < -0.4 is 4.90 Å². The van der Waals surface area contributed by atoms with Gasteiger partial charge in [-0.3, -0.25) is 0 Å². The molecule has 0 aliphatic heterocycles. The second kappa shape index (κ2) is 6.40. The van der Waals surface area contributed by atoms with Gasteiger partial charge in [0.1, 0.15) is 6.07 Å². The monoisotopic (exact) mass is 314 g/mol. The third-order valence-corrected chi connectivity index (χ3v) is 3.69. The number of halogens is 1. The first kappa shape index (κ1) is 13.6. The van der Waals surface area contributed by atoms with Gasteiger partial charge in [-0.15, -0.1) is 0 Å². The average molecular weight is 315 g/mol. The number of hydrogen-bond donors (Lipinski definition) is 0. The van der Waals surface area contributed by atoms with Crippen LogP contribution in [0.15, 0.2) is 53.0 Å². The molecule has 0 radical (unpaired) electrons. The second-order valence-electron chi connectivity index (χ2n) is 4.28. The summed E-state index contributed by atoms with van der Waals surface area (Å²) in [6.07, 6.45) is 0. The molecule has 0 aliphatic rings. The topological polar surface area (TPSA) is 27.0 Å². The van der Waals surface area contributed by atoms with Gasteiger partial charge in [0.2, 0.25) is 0 Å². The van der Waals surface area contributed by atoms with Gasteiger partial charge >= 0.3 is 0 Å². The predicted molar refractivity (Wildman–Crippen MR) is 82.0 cm³/mol. The highest BCUT2D eigenvalue weighted by Crippen LogP contribution is 2.24. The molecule has 0 unspecified atom stereocenters. The van der Waals surface area contributed by atoms with E-state index in [1.54, 1.807) is 0 Å². The third kappa shape index (κ3) is 3.36. The zero-order chi connectivity index (χ0) is 13.7. The molecule has 0 saturated carbocycles. The van der Waals surface area contributed by atoms with Crippen LogP contribution in [0, 0.1) is 11.3 Å². The van der Waals surface area contributed by atoms with Crippen LogP contribution in [0.5, 0.6) is 0 Å². The normalized spacial score (nSPS) is 9.95. The van der Waals surface area contributed by atoms with Crippen molar-refractivity contribution < 1.29 is 0 Å². The summed E-state index contributed by atoms with van der Waals surface area (Å²) in [7, 11) is 0. The molecule has 2 nitrogen and oxygen atoms in total. The minimum atomic E-state index is 0.666. The Morgan fingerprint density at radius 1 is 1.16 bits per heavy atom. The summed E-state index contributed by atoms with van der Waals surface area (Å²) in [4.78, 5) is 2.28. The van der Waals surface area contributed by atoms with Gasteiger partial charge in [0.25, 0.3) is 0 Å². The fraction of sp³-hybridized carbons (Fsp3) is 0.188. The van der Waals surface area contributed by atoms with Crippen molar-refractivity contribution in [3.05, 3.63) is 64.1 Å². The maximum atomic E-state index is 8.95. The van der Waals surface area contributed by atoms with E-state index < -0.39 is 0 Å². The number of nitrogens with zero attached hydrogens (tertiary/aromatic N) is 2. The minimum absolute atomic E-state index is 0.666. The molecule has 2 aromatic rings. The summed E-state index contributed by atoms with van der Waals surface area (Å²) < 4.78 is 0.846. The first-order valence-corrected chi connectivity index (χ1v) is 7.02. The Kier molecular flexibility index (Phi) is 4.59. The molecule has 0 aliphatic carbocycles. The molecule has 2 aromatic carbocycles. The highest BCUT2D eigenvalue weighted by molar-refractivity contribution is 9.10. The van der Waals surface area contributed by atoms with E-state index in [-0.39, 0.29) is 0 Å². The number of hydrogen-bond acceptors (Lipinski definition) is 2. The van der Waals surface area contributed by atoms with E-state index in [9.17, 15) is 0 Å². The van der Waals surface area contributed by atoms with Gasteiger partial charge in [-0.2, -0.15) is 5.26 Å². The van der Waals surface area contributed by atoms with Crippen LogP contribution >= 0.6 is 15.9 Å². The Morgan fingerprint density at radius 2 is 1.89 bits per heavy atom. The highest BCUT2D eigenvalue weighted by atomic mass is 79.9. The number of benzene rings is 2. The molecule has 0 saturated heterocycles. The van der Waals surface area contributed by atoms with Crippen molar-refractivity contribution in [2.45, 2.75) is 13.5 Å². The molecular weight excluding hydrogens is 300 g/mol. The lowest BCUT2D eigenvalue weighted by molar-refractivity contribution is 0.831. The Hall–Kier alpha value is -1.79. The lowest BCUT2D eigenvalue weighted by atomic mass is 10.1. The van der Waals surface area contributed by atoms with E-state index in [0.29, 0.717) is 5.56 Å². The lowest BCUT2D eigenvalue weighted by Crippen LogP contribution is -2.21. The SMILES string of the molecule is CCN(Cc1ccccc1)c1ccc(C#N)c(Br)c1. The van der Waals surface area contributed by atoms with E-state index in [2.05, 4.69) is 58.1 Å². The van der Waals surface area contributed by atoms with Crippen molar-refractivity contribution >= 4 is 21.6 Å². The van der Waals surface area contributed by atoms with E-state index >= 15 is 0 Å². The highest BCUT2D eigenvalue weighted by Gasteiger charge is 2.07. The Balaban J connectivity index is 2.23. The van der Waals surface area contributed by atoms with Crippen molar-refractivity contribution in [1.82, 2.24) is 0 Å². The van der Waals surface area contributed by atoms with Crippen molar-refractivity contribution in [2.24, 2.45) is 0 Å². The van der Waals surface area contributed by atoms with Crippen molar-refractivity contribution in [3.8, 4) is 6.07 Å². The summed E-state index contributed by atoms with van der Waals surface area (Å²) in [5.41, 5.74) is 3.07. The molecule has 0 bridgehead atoms. The fourth-order valence-corrected chi connectivity index (χ4v) is 2.44. The molecule has 0 amide bonds. The lowest BCUT2D eigenvalue weighted by Gasteiger charge is -2.23. The van der Waals surface area contributed by atoms with Gasteiger partial charge in [0.15, 0.2) is 0 Å². The molecule has 0 spiro atoms. The van der Waals surface area contributed by atoms with Crippen LogP contribution in [-0.2, 0) is 6.54 Å². The van der Waals surface area contributed by atoms with Gasteiger partial charge in [-0.05, 0) is 46.6 Å². The molecular formula is C16H15BrN2. The van der Waals surface area contributed by atoms with E-state index in [1.807, 2.05) is 24.3 Å². The summed E-state index contributed by atoms with van der Waals surface area (Å²) in [5, 5.41) is 8.95. The molecule has 96 valence electrons. The number of nitriles is 1. The van der Waals surface area contributed by atoms with Crippen LogP contribution in [0.2, 0.25) is 0 Å². The maximum Gasteiger partial charge on any atom is 0.100 e. The summed E-state index contributed by atoms with van der Waals surface area (Å²) in [5.74, 6) is 0. The van der Waals surface area contributed by atoms with Crippen LogP contribution in [0.4, 0.5) is 5.69 Å². The van der Waals surface area contributed by atoms with E-state index in [0.717, 1.165) is 23.2 Å². The summed E-state index contributed by atoms with van der Waals surface area (Å²) in [6, 6.07) is 18.4. The molecule has 0 aromatic heterocycles. The van der Waals surface area contributed by atoms with Gasteiger partial charge in [0.05, 0.1) is 5.56 Å². The predicted octanol–water partition coefficient (Wildman–Crippen LogP) is 4.35. The fourth-order valence-electron chi connectivity index (χ4n) is 1.98. The van der Waals surface area contributed by atoms with Crippen molar-refractivity contribution in [3.63, 3.8) is 0 Å². The third-order valence-electron chi connectivity index (χ3n) is 3.04. The molecule has 3 heteroatoms. The first-order valence-electron chi connectivity index (χ1n) is 6.23. The van der Waals surface area contributed by atoms with Crippen LogP contribution in [0.25, 0.3) is 0 Å². The molecule has 19 heavy (non-hydrogen) atoms. The quantitative estimate of drug-likeness (QED) is 0.839. The van der Waals surface area contributed by atoms with Gasteiger partial charge in [-0.1, -0.05) is 30.3 Å². The molecule has 2 rings (SSSR count). The van der Waals surface area contributed by atoms with Crippen molar-refractivity contribution in [1.29, 1.82) is 5.26 Å². The first-order chi connectivity index (χ1) is 9.24. The largest absolute Gasteiger partial charge is 0.367 e. The van der Waals surface area contributed by atoms with Crippen molar-refractivity contribution in [2.75, 3.05) is 11.4 Å². The van der Waals surface area contributed by atoms with Crippen LogP contribution in [-0.4, -0.2) is 6.54 Å². The smallest absolute Gasteiger partial charge is 0.100 e. The average Bonchev–Trinajstić information content (AvgIpc) is 2.46. The molecule has 0 heterocycles. The Morgan fingerprint density at radius 3 is 2.47 bits per heavy atom. The Bertz CT molecular complexity index is 587. The van der Waals surface area contributed by atoms with E-state index in [4.69, 9.17) is 5.26 Å². The van der Waals surface area contributed by atoms with Gasteiger partial charge in [0, 0.05) is 23.2 Å². The number of rotatable bonds is 4. The van der Waals surface area contributed by atoms with Gasteiger partial charge < -0.3 is 4.90 Å². The second-order valence-corrected chi connectivity index (χ2v) is 5.13. The zero-order valence-corrected chi connectivity index (χ0v) is 12.4. The minimum Gasteiger partial charge on any atom is -0.367 e. The van der Waals surface area contributed by atoms with Crippen LogP contribution in [0.1, 0.15) is 18.1 Å².